The summed E-state index contributed by atoms with van der Waals surface area (Å²) in [7, 11) is 0. The lowest BCUT2D eigenvalue weighted by atomic mass is 10.2. The molecule has 3 rings (SSSR count). The normalized spacial score (nSPS) is 16.6. The van der Waals surface area contributed by atoms with Crippen LogP contribution in [0, 0.1) is 6.92 Å². The molecule has 1 aromatic heterocycles. The lowest BCUT2D eigenvalue weighted by molar-refractivity contribution is -0.119. The fourth-order valence-electron chi connectivity index (χ4n) is 2.81. The summed E-state index contributed by atoms with van der Waals surface area (Å²) < 4.78 is 12.9. The van der Waals surface area contributed by atoms with E-state index in [1.54, 1.807) is 0 Å². The Labute approximate surface area is 157 Å². The first-order chi connectivity index (χ1) is 12.7. The van der Waals surface area contributed by atoms with Crippen LogP contribution in [-0.4, -0.2) is 52.3 Å². The van der Waals surface area contributed by atoms with Gasteiger partial charge in [0.25, 0.3) is 0 Å². The topological polar surface area (TPSA) is 78.3 Å². The van der Waals surface area contributed by atoms with E-state index in [9.17, 15) is 4.79 Å². The monoisotopic (exact) mass is 376 g/mol. The van der Waals surface area contributed by atoms with Gasteiger partial charge in [-0.1, -0.05) is 11.8 Å². The molecule has 1 fully saturated rings. The molecule has 1 aliphatic heterocycles. The lowest BCUT2D eigenvalue weighted by Crippen LogP contribution is -2.32. The van der Waals surface area contributed by atoms with Gasteiger partial charge in [0.1, 0.15) is 11.6 Å². The van der Waals surface area contributed by atoms with E-state index in [4.69, 9.17) is 9.47 Å². The Morgan fingerprint density at radius 2 is 2.19 bits per heavy atom. The van der Waals surface area contributed by atoms with Crippen LogP contribution in [0.4, 0.5) is 0 Å². The minimum Gasteiger partial charge on any atom is -0.494 e. The largest absolute Gasteiger partial charge is 0.494 e. The van der Waals surface area contributed by atoms with Crippen molar-refractivity contribution in [3.05, 3.63) is 30.1 Å². The standard InChI is InChI=1S/C18H24N4O3S/c1-3-24-15-8-6-14(7-9-15)22-13(2)20-21-18(22)26-12-17(23)19-11-16-5-4-10-25-16/h6-9,16H,3-5,10-12H2,1-2H3,(H,19,23)/t16-/m1/s1. The third-order valence-corrected chi connectivity index (χ3v) is 5.01. The predicted octanol–water partition coefficient (Wildman–Crippen LogP) is 2.36. The van der Waals surface area contributed by atoms with Crippen LogP contribution in [0.1, 0.15) is 25.6 Å². The number of carbonyl (C=O) groups excluding carboxylic acids is 1. The van der Waals surface area contributed by atoms with Crippen molar-refractivity contribution in [1.82, 2.24) is 20.1 Å². The number of hydrogen-bond acceptors (Lipinski definition) is 6. The van der Waals surface area contributed by atoms with E-state index >= 15 is 0 Å². The van der Waals surface area contributed by atoms with Crippen molar-refractivity contribution in [3.63, 3.8) is 0 Å². The molecule has 8 heteroatoms. The Balaban J connectivity index is 1.59. The van der Waals surface area contributed by atoms with Gasteiger partial charge in [-0.2, -0.15) is 0 Å². The highest BCUT2D eigenvalue weighted by atomic mass is 32.2. The van der Waals surface area contributed by atoms with Gasteiger partial charge < -0.3 is 14.8 Å². The van der Waals surface area contributed by atoms with Crippen molar-refractivity contribution < 1.29 is 14.3 Å². The summed E-state index contributed by atoms with van der Waals surface area (Å²) in [5, 5.41) is 12.0. The molecule has 140 valence electrons. The average Bonchev–Trinajstić information content (AvgIpc) is 3.29. The van der Waals surface area contributed by atoms with Crippen LogP contribution in [0.3, 0.4) is 0 Å². The van der Waals surface area contributed by atoms with E-state index in [0.717, 1.165) is 36.7 Å². The van der Waals surface area contributed by atoms with E-state index in [2.05, 4.69) is 15.5 Å². The van der Waals surface area contributed by atoms with Crippen LogP contribution >= 0.6 is 11.8 Å². The maximum absolute atomic E-state index is 12.1. The molecule has 7 nitrogen and oxygen atoms in total. The molecule has 1 aliphatic rings. The van der Waals surface area contributed by atoms with Gasteiger partial charge >= 0.3 is 0 Å². The van der Waals surface area contributed by atoms with Crippen LogP contribution in [0.25, 0.3) is 5.69 Å². The fraction of sp³-hybridized carbons (Fsp3) is 0.500. The van der Waals surface area contributed by atoms with E-state index in [-0.39, 0.29) is 12.0 Å². The number of rotatable bonds is 8. The highest BCUT2D eigenvalue weighted by molar-refractivity contribution is 7.99. The van der Waals surface area contributed by atoms with Gasteiger partial charge in [-0.3, -0.25) is 9.36 Å². The van der Waals surface area contributed by atoms with Crippen LogP contribution in [0.5, 0.6) is 5.75 Å². The molecule has 1 saturated heterocycles. The van der Waals surface area contributed by atoms with Crippen molar-refractivity contribution in [2.24, 2.45) is 0 Å². The summed E-state index contributed by atoms with van der Waals surface area (Å²) in [4.78, 5) is 12.1. The van der Waals surface area contributed by atoms with Crippen LogP contribution in [0.15, 0.2) is 29.4 Å². The van der Waals surface area contributed by atoms with Crippen molar-refractivity contribution in [3.8, 4) is 11.4 Å². The second kappa shape index (κ2) is 9.05. The number of benzene rings is 1. The Hall–Kier alpha value is -2.06. The molecule has 2 heterocycles. The Morgan fingerprint density at radius 1 is 1.38 bits per heavy atom. The predicted molar refractivity (Wildman–Crippen MR) is 100.0 cm³/mol. The number of ether oxygens (including phenoxy) is 2. The Morgan fingerprint density at radius 3 is 2.88 bits per heavy atom. The number of nitrogens with zero attached hydrogens (tertiary/aromatic N) is 3. The number of amides is 1. The maximum Gasteiger partial charge on any atom is 0.230 e. The molecule has 1 aromatic carbocycles. The van der Waals surface area contributed by atoms with Gasteiger partial charge in [-0.15, -0.1) is 10.2 Å². The number of aromatic nitrogens is 3. The molecule has 26 heavy (non-hydrogen) atoms. The Kier molecular flexibility index (Phi) is 6.51. The molecule has 0 aliphatic carbocycles. The molecule has 1 N–H and O–H groups in total. The van der Waals surface area contributed by atoms with Crippen molar-refractivity contribution in [2.45, 2.75) is 37.9 Å². The molecule has 0 bridgehead atoms. The van der Waals surface area contributed by atoms with E-state index in [1.807, 2.05) is 42.7 Å². The summed E-state index contributed by atoms with van der Waals surface area (Å²) in [6.07, 6.45) is 2.23. The van der Waals surface area contributed by atoms with Gasteiger partial charge in [0, 0.05) is 18.8 Å². The SMILES string of the molecule is CCOc1ccc(-n2c(C)nnc2SCC(=O)NC[C@H]2CCCO2)cc1. The molecule has 0 spiro atoms. The second-order valence-electron chi connectivity index (χ2n) is 6.02. The van der Waals surface area contributed by atoms with Crippen LogP contribution in [0.2, 0.25) is 0 Å². The number of nitrogens with one attached hydrogen (secondary N) is 1. The third-order valence-electron chi connectivity index (χ3n) is 4.08. The molecular formula is C18H24N4O3S. The first-order valence-electron chi connectivity index (χ1n) is 8.83. The van der Waals surface area contributed by atoms with E-state index < -0.39 is 0 Å². The zero-order valence-electron chi connectivity index (χ0n) is 15.1. The fourth-order valence-corrected chi connectivity index (χ4v) is 3.63. The van der Waals surface area contributed by atoms with Gasteiger partial charge in [0.05, 0.1) is 18.5 Å². The smallest absolute Gasteiger partial charge is 0.230 e. The van der Waals surface area contributed by atoms with E-state index in [0.29, 0.717) is 24.1 Å². The van der Waals surface area contributed by atoms with Crippen molar-refractivity contribution >= 4 is 17.7 Å². The number of thioether (sulfide) groups is 1. The summed E-state index contributed by atoms with van der Waals surface area (Å²) in [5.41, 5.74) is 0.943. The zero-order chi connectivity index (χ0) is 18.4. The molecule has 1 amide bonds. The summed E-state index contributed by atoms with van der Waals surface area (Å²) in [6.45, 7) is 5.85. The second-order valence-corrected chi connectivity index (χ2v) is 6.96. The van der Waals surface area contributed by atoms with Gasteiger partial charge in [-0.25, -0.2) is 0 Å². The van der Waals surface area contributed by atoms with Crippen LogP contribution < -0.4 is 10.1 Å². The van der Waals surface area contributed by atoms with Crippen molar-refractivity contribution in [2.75, 3.05) is 25.5 Å². The van der Waals surface area contributed by atoms with Crippen molar-refractivity contribution in [1.29, 1.82) is 0 Å². The van der Waals surface area contributed by atoms with Crippen LogP contribution in [-0.2, 0) is 9.53 Å². The number of hydrogen-bond donors (Lipinski definition) is 1. The van der Waals surface area contributed by atoms with E-state index in [1.165, 1.54) is 11.8 Å². The average molecular weight is 376 g/mol. The number of aryl methyl sites for hydroxylation is 1. The maximum atomic E-state index is 12.1. The molecule has 1 atom stereocenters. The minimum atomic E-state index is -0.0237. The lowest BCUT2D eigenvalue weighted by Gasteiger charge is -2.11. The third kappa shape index (κ3) is 4.76. The zero-order valence-corrected chi connectivity index (χ0v) is 15.9. The summed E-state index contributed by atoms with van der Waals surface area (Å²) in [5.74, 6) is 1.87. The summed E-state index contributed by atoms with van der Waals surface area (Å²) in [6, 6.07) is 7.76. The molecule has 0 saturated carbocycles. The molecule has 0 unspecified atom stereocenters. The summed E-state index contributed by atoms with van der Waals surface area (Å²) >= 11 is 1.37. The minimum absolute atomic E-state index is 0.0237. The molecule has 0 radical (unpaired) electrons. The quantitative estimate of drug-likeness (QED) is 0.713. The van der Waals surface area contributed by atoms with Gasteiger partial charge in [0.15, 0.2) is 5.16 Å². The van der Waals surface area contributed by atoms with Gasteiger partial charge in [-0.05, 0) is 51.0 Å². The Bertz CT molecular complexity index is 727. The van der Waals surface area contributed by atoms with Gasteiger partial charge in [0.2, 0.25) is 5.91 Å². The molecule has 2 aromatic rings. The highest BCUT2D eigenvalue weighted by Gasteiger charge is 2.17. The molecular weight excluding hydrogens is 352 g/mol. The number of carbonyl (C=O) groups is 1. The first kappa shape index (κ1) is 18.7. The highest BCUT2D eigenvalue weighted by Crippen LogP contribution is 2.23. The first-order valence-corrected chi connectivity index (χ1v) is 9.82.